The minimum atomic E-state index is 0.394. The van der Waals surface area contributed by atoms with Gasteiger partial charge in [-0.05, 0) is 46.8 Å². The van der Waals surface area contributed by atoms with E-state index in [9.17, 15) is 0 Å². The van der Waals surface area contributed by atoms with Gasteiger partial charge in [-0.2, -0.15) is 11.8 Å². The molecule has 1 N–H and O–H groups in total. The molecule has 16 heavy (non-hydrogen) atoms. The Morgan fingerprint density at radius 3 is 3.00 bits per heavy atom. The first-order chi connectivity index (χ1) is 7.63. The van der Waals surface area contributed by atoms with Crippen molar-refractivity contribution in [1.82, 2.24) is 4.98 Å². The molecule has 2 nitrogen and oxygen atoms in total. The molecule has 0 bridgehead atoms. The number of hydrogen-bond acceptors (Lipinski definition) is 3. The van der Waals surface area contributed by atoms with E-state index in [-0.39, 0.29) is 0 Å². The van der Waals surface area contributed by atoms with Crippen LogP contribution in [0.5, 0.6) is 0 Å². The number of rotatable bonds is 6. The highest BCUT2D eigenvalue weighted by Crippen LogP contribution is 2.23. The SMILES string of the molecule is CCSCCC(C)Nc1ncc(Br)cc1Cl. The van der Waals surface area contributed by atoms with E-state index in [1.165, 1.54) is 11.5 Å². The first-order valence-corrected chi connectivity index (χ1v) is 7.61. The van der Waals surface area contributed by atoms with Gasteiger partial charge in [-0.25, -0.2) is 4.98 Å². The number of nitrogens with zero attached hydrogens (tertiary/aromatic N) is 1. The van der Waals surface area contributed by atoms with Crippen molar-refractivity contribution in [3.63, 3.8) is 0 Å². The van der Waals surface area contributed by atoms with Crippen molar-refractivity contribution in [3.05, 3.63) is 21.8 Å². The van der Waals surface area contributed by atoms with Gasteiger partial charge < -0.3 is 5.32 Å². The van der Waals surface area contributed by atoms with Gasteiger partial charge >= 0.3 is 0 Å². The van der Waals surface area contributed by atoms with E-state index in [0.29, 0.717) is 11.1 Å². The van der Waals surface area contributed by atoms with Gasteiger partial charge in [0.15, 0.2) is 0 Å². The van der Waals surface area contributed by atoms with Crippen LogP contribution < -0.4 is 5.32 Å². The van der Waals surface area contributed by atoms with Crippen LogP contribution in [-0.2, 0) is 0 Å². The van der Waals surface area contributed by atoms with Crippen molar-refractivity contribution < 1.29 is 0 Å². The molecule has 1 aromatic heterocycles. The second-order valence-electron chi connectivity index (χ2n) is 3.51. The van der Waals surface area contributed by atoms with Crippen molar-refractivity contribution in [2.24, 2.45) is 0 Å². The summed E-state index contributed by atoms with van der Waals surface area (Å²) in [5, 5.41) is 3.98. The second kappa shape index (κ2) is 7.41. The molecule has 5 heteroatoms. The highest BCUT2D eigenvalue weighted by Gasteiger charge is 2.06. The maximum absolute atomic E-state index is 6.07. The average Bonchev–Trinajstić information content (AvgIpc) is 2.23. The standard InChI is InChI=1S/C11H16BrClN2S/c1-3-16-5-4-8(2)15-11-10(13)6-9(12)7-14-11/h6-8H,3-5H2,1-2H3,(H,14,15). The third-order valence-corrected chi connectivity index (χ3v) is 3.74. The summed E-state index contributed by atoms with van der Waals surface area (Å²) in [6, 6.07) is 2.25. The molecule has 90 valence electrons. The van der Waals surface area contributed by atoms with Gasteiger partial charge in [0.25, 0.3) is 0 Å². The zero-order valence-electron chi connectivity index (χ0n) is 9.46. The van der Waals surface area contributed by atoms with Crippen molar-refractivity contribution in [2.75, 3.05) is 16.8 Å². The number of thioether (sulfide) groups is 1. The summed E-state index contributed by atoms with van der Waals surface area (Å²) in [4.78, 5) is 4.25. The molecule has 0 saturated heterocycles. The summed E-state index contributed by atoms with van der Waals surface area (Å²) >= 11 is 11.4. The summed E-state index contributed by atoms with van der Waals surface area (Å²) in [5.74, 6) is 3.10. The topological polar surface area (TPSA) is 24.9 Å². The van der Waals surface area contributed by atoms with Crippen molar-refractivity contribution in [1.29, 1.82) is 0 Å². The van der Waals surface area contributed by atoms with Gasteiger partial charge in [0.2, 0.25) is 0 Å². The monoisotopic (exact) mass is 322 g/mol. The van der Waals surface area contributed by atoms with Gasteiger partial charge in [-0.15, -0.1) is 0 Å². The molecule has 0 aliphatic carbocycles. The first-order valence-electron chi connectivity index (χ1n) is 5.28. The molecule has 0 aromatic carbocycles. The van der Waals surface area contributed by atoms with E-state index in [2.05, 4.69) is 40.1 Å². The highest BCUT2D eigenvalue weighted by atomic mass is 79.9. The highest BCUT2D eigenvalue weighted by molar-refractivity contribution is 9.10. The number of hydrogen-bond donors (Lipinski definition) is 1. The lowest BCUT2D eigenvalue weighted by Crippen LogP contribution is -2.17. The normalized spacial score (nSPS) is 12.5. The van der Waals surface area contributed by atoms with Crippen LogP contribution in [0.4, 0.5) is 5.82 Å². The minimum Gasteiger partial charge on any atom is -0.366 e. The lowest BCUT2D eigenvalue weighted by atomic mass is 10.2. The predicted molar refractivity (Wildman–Crippen MR) is 77.6 cm³/mol. The average molecular weight is 324 g/mol. The Morgan fingerprint density at radius 2 is 2.38 bits per heavy atom. The Balaban J connectivity index is 2.46. The predicted octanol–water partition coefficient (Wildman–Crippen LogP) is 4.44. The molecule has 0 spiro atoms. The molecule has 0 radical (unpaired) electrons. The third-order valence-electron chi connectivity index (χ3n) is 2.09. The zero-order valence-corrected chi connectivity index (χ0v) is 12.6. The third kappa shape index (κ3) is 4.93. The number of halogens is 2. The fraction of sp³-hybridized carbons (Fsp3) is 0.545. The van der Waals surface area contributed by atoms with E-state index >= 15 is 0 Å². The second-order valence-corrected chi connectivity index (χ2v) is 6.23. The van der Waals surface area contributed by atoms with Crippen LogP contribution in [0.3, 0.4) is 0 Å². The molecular weight excluding hydrogens is 308 g/mol. The molecule has 0 saturated carbocycles. The van der Waals surface area contributed by atoms with Gasteiger partial charge in [0.05, 0.1) is 5.02 Å². The van der Waals surface area contributed by atoms with E-state index in [0.717, 1.165) is 16.7 Å². The van der Waals surface area contributed by atoms with E-state index in [1.54, 1.807) is 6.20 Å². The van der Waals surface area contributed by atoms with Crippen LogP contribution in [0.2, 0.25) is 5.02 Å². The Kier molecular flexibility index (Phi) is 6.54. The van der Waals surface area contributed by atoms with Crippen LogP contribution >= 0.6 is 39.3 Å². The molecule has 1 unspecified atom stereocenters. The quantitative estimate of drug-likeness (QED) is 0.783. The lowest BCUT2D eigenvalue weighted by Gasteiger charge is -2.15. The number of anilines is 1. The zero-order chi connectivity index (χ0) is 12.0. The van der Waals surface area contributed by atoms with Gasteiger partial charge in [0.1, 0.15) is 5.82 Å². The summed E-state index contributed by atoms with van der Waals surface area (Å²) < 4.78 is 0.900. The van der Waals surface area contributed by atoms with Gasteiger partial charge in [-0.1, -0.05) is 18.5 Å². The maximum Gasteiger partial charge on any atom is 0.145 e. The summed E-state index contributed by atoms with van der Waals surface area (Å²) in [5.41, 5.74) is 0. The lowest BCUT2D eigenvalue weighted by molar-refractivity contribution is 0.766. The van der Waals surface area contributed by atoms with Crippen LogP contribution in [0.25, 0.3) is 0 Å². The minimum absolute atomic E-state index is 0.394. The Labute approximate surface area is 115 Å². The van der Waals surface area contributed by atoms with E-state index in [4.69, 9.17) is 11.6 Å². The molecule has 0 aliphatic rings. The fourth-order valence-corrected chi connectivity index (χ4v) is 2.72. The van der Waals surface area contributed by atoms with Crippen LogP contribution in [0.15, 0.2) is 16.7 Å². The molecule has 0 amide bonds. The fourth-order valence-electron chi connectivity index (χ4n) is 1.23. The molecular formula is C11H16BrClN2S. The Hall–Kier alpha value is 0.0700. The number of pyridine rings is 1. The molecule has 1 aromatic rings. The molecule has 1 rings (SSSR count). The summed E-state index contributed by atoms with van der Waals surface area (Å²) in [6.07, 6.45) is 2.87. The van der Waals surface area contributed by atoms with Crippen LogP contribution in [0.1, 0.15) is 20.3 Å². The molecule has 0 fully saturated rings. The van der Waals surface area contributed by atoms with E-state index < -0.39 is 0 Å². The van der Waals surface area contributed by atoms with E-state index in [1.807, 2.05) is 17.8 Å². The molecule has 1 heterocycles. The number of aromatic nitrogens is 1. The van der Waals surface area contributed by atoms with Crippen molar-refractivity contribution >= 4 is 45.1 Å². The Morgan fingerprint density at radius 1 is 1.62 bits per heavy atom. The van der Waals surface area contributed by atoms with Crippen LogP contribution in [-0.4, -0.2) is 22.5 Å². The number of nitrogens with one attached hydrogen (secondary N) is 1. The Bertz CT molecular complexity index is 336. The van der Waals surface area contributed by atoms with Crippen molar-refractivity contribution in [3.8, 4) is 0 Å². The van der Waals surface area contributed by atoms with Crippen LogP contribution in [0, 0.1) is 0 Å². The van der Waals surface area contributed by atoms with Gasteiger partial charge in [-0.3, -0.25) is 0 Å². The first kappa shape index (κ1) is 14.1. The largest absolute Gasteiger partial charge is 0.366 e. The van der Waals surface area contributed by atoms with Crippen molar-refractivity contribution in [2.45, 2.75) is 26.3 Å². The van der Waals surface area contributed by atoms with Gasteiger partial charge in [0, 0.05) is 16.7 Å². The smallest absolute Gasteiger partial charge is 0.145 e. The molecule has 0 aliphatic heterocycles. The maximum atomic E-state index is 6.07. The molecule has 1 atom stereocenters. The summed E-state index contributed by atoms with van der Waals surface area (Å²) in [7, 11) is 0. The summed E-state index contributed by atoms with van der Waals surface area (Å²) in [6.45, 7) is 4.33.